The molecule has 4 bridgehead atoms. The third-order valence-corrected chi connectivity index (χ3v) is 6.55. The van der Waals surface area contributed by atoms with E-state index >= 15 is 0 Å². The summed E-state index contributed by atoms with van der Waals surface area (Å²) in [6.07, 6.45) is 10.4. The summed E-state index contributed by atoms with van der Waals surface area (Å²) >= 11 is 2.00. The zero-order valence-electron chi connectivity index (χ0n) is 11.0. The number of pyridine rings is 1. The van der Waals surface area contributed by atoms with Gasteiger partial charge in [0.2, 0.25) is 0 Å². The van der Waals surface area contributed by atoms with Gasteiger partial charge in [0.25, 0.3) is 0 Å². The number of hydrogen-bond acceptors (Lipinski definition) is 3. The van der Waals surface area contributed by atoms with Crippen molar-refractivity contribution in [1.29, 1.82) is 5.26 Å². The van der Waals surface area contributed by atoms with E-state index in [0.717, 1.165) is 22.8 Å². The van der Waals surface area contributed by atoms with Crippen molar-refractivity contribution in [2.24, 2.45) is 17.8 Å². The van der Waals surface area contributed by atoms with Crippen molar-refractivity contribution in [2.45, 2.75) is 48.3 Å². The number of rotatable bonds is 2. The fourth-order valence-electron chi connectivity index (χ4n) is 4.88. The molecule has 1 aromatic heterocycles. The lowest BCUT2D eigenvalue weighted by Crippen LogP contribution is -2.48. The summed E-state index contributed by atoms with van der Waals surface area (Å²) in [6, 6.07) is 6.07. The molecule has 0 aliphatic heterocycles. The largest absolute Gasteiger partial charge is 0.249 e. The molecular formula is C16H18N2S. The van der Waals surface area contributed by atoms with Gasteiger partial charge in [-0.25, -0.2) is 4.98 Å². The molecule has 0 radical (unpaired) electrons. The van der Waals surface area contributed by atoms with Gasteiger partial charge in [-0.05, 0) is 68.4 Å². The first-order valence-corrected chi connectivity index (χ1v) is 8.11. The van der Waals surface area contributed by atoms with Crippen LogP contribution < -0.4 is 0 Å². The molecule has 4 saturated carbocycles. The number of nitriles is 1. The maximum absolute atomic E-state index is 8.83. The minimum Gasteiger partial charge on any atom is -0.249 e. The summed E-state index contributed by atoms with van der Waals surface area (Å²) in [5, 5.41) is 9.95. The van der Waals surface area contributed by atoms with E-state index in [9.17, 15) is 0 Å². The summed E-state index contributed by atoms with van der Waals surface area (Å²) in [5.74, 6) is 2.95. The van der Waals surface area contributed by atoms with Crippen LogP contribution in [0.3, 0.4) is 0 Å². The van der Waals surface area contributed by atoms with Crippen LogP contribution in [0.15, 0.2) is 23.4 Å². The Bertz CT molecular complexity index is 493. The number of hydrogen-bond donors (Lipinski definition) is 0. The summed E-state index contributed by atoms with van der Waals surface area (Å²) in [5.41, 5.74) is 0.662. The predicted octanol–water partition coefficient (Wildman–Crippen LogP) is 4.01. The molecule has 0 atom stereocenters. The highest BCUT2D eigenvalue weighted by Gasteiger charge is 2.51. The molecular weight excluding hydrogens is 252 g/mol. The van der Waals surface area contributed by atoms with E-state index in [2.05, 4.69) is 11.1 Å². The molecule has 0 N–H and O–H groups in total. The molecule has 1 aromatic rings. The highest BCUT2D eigenvalue weighted by atomic mass is 32.2. The van der Waals surface area contributed by atoms with Crippen molar-refractivity contribution in [3.8, 4) is 6.07 Å². The van der Waals surface area contributed by atoms with Gasteiger partial charge in [0.1, 0.15) is 6.07 Å². The summed E-state index contributed by atoms with van der Waals surface area (Å²) < 4.78 is 0.468. The Labute approximate surface area is 118 Å². The third-order valence-electron chi connectivity index (χ3n) is 5.17. The zero-order chi connectivity index (χ0) is 12.9. The third kappa shape index (κ3) is 2.07. The van der Waals surface area contributed by atoms with Crippen molar-refractivity contribution in [3.63, 3.8) is 0 Å². The van der Waals surface area contributed by atoms with E-state index in [-0.39, 0.29) is 0 Å². The van der Waals surface area contributed by atoms with Crippen molar-refractivity contribution < 1.29 is 0 Å². The van der Waals surface area contributed by atoms with Crippen molar-refractivity contribution in [1.82, 2.24) is 4.98 Å². The van der Waals surface area contributed by atoms with Gasteiger partial charge in [0.05, 0.1) is 10.6 Å². The summed E-state index contributed by atoms with van der Waals surface area (Å²) in [4.78, 5) is 4.47. The molecule has 1 heterocycles. The molecule has 4 aliphatic rings. The average Bonchev–Trinajstić information content (AvgIpc) is 2.37. The minimum absolute atomic E-state index is 0.468. The quantitative estimate of drug-likeness (QED) is 0.814. The molecule has 0 saturated heterocycles. The van der Waals surface area contributed by atoms with Gasteiger partial charge < -0.3 is 0 Å². The predicted molar refractivity (Wildman–Crippen MR) is 75.7 cm³/mol. The Balaban J connectivity index is 1.57. The lowest BCUT2D eigenvalue weighted by molar-refractivity contribution is 0.0383. The van der Waals surface area contributed by atoms with Crippen molar-refractivity contribution in [2.75, 3.05) is 0 Å². The highest BCUT2D eigenvalue weighted by Crippen LogP contribution is 2.61. The average molecular weight is 270 g/mol. The SMILES string of the molecule is N#Cc1ccc(SC23CC4CC(CC(C4)C2)C3)nc1. The number of nitrogens with zero attached hydrogens (tertiary/aromatic N) is 2. The topological polar surface area (TPSA) is 36.7 Å². The molecule has 0 aromatic carbocycles. The molecule has 4 fully saturated rings. The Morgan fingerprint density at radius 2 is 1.74 bits per heavy atom. The van der Waals surface area contributed by atoms with E-state index in [1.54, 1.807) is 6.20 Å². The van der Waals surface area contributed by atoms with E-state index in [1.165, 1.54) is 38.5 Å². The van der Waals surface area contributed by atoms with Crippen LogP contribution >= 0.6 is 11.8 Å². The fraction of sp³-hybridized carbons (Fsp3) is 0.625. The first kappa shape index (κ1) is 11.8. The van der Waals surface area contributed by atoms with Gasteiger partial charge >= 0.3 is 0 Å². The molecule has 0 spiro atoms. The smallest absolute Gasteiger partial charge is 0.101 e. The number of thioether (sulfide) groups is 1. The molecule has 0 amide bonds. The Kier molecular flexibility index (Phi) is 2.63. The van der Waals surface area contributed by atoms with Crippen molar-refractivity contribution in [3.05, 3.63) is 23.9 Å². The van der Waals surface area contributed by atoms with Crippen LogP contribution in [0.4, 0.5) is 0 Å². The molecule has 4 aliphatic carbocycles. The van der Waals surface area contributed by atoms with Gasteiger partial charge in [0.15, 0.2) is 0 Å². The van der Waals surface area contributed by atoms with Crippen LogP contribution in [0.5, 0.6) is 0 Å². The van der Waals surface area contributed by atoms with Crippen molar-refractivity contribution >= 4 is 11.8 Å². The first-order valence-electron chi connectivity index (χ1n) is 7.30. The number of aromatic nitrogens is 1. The second-order valence-electron chi connectivity index (χ2n) is 6.70. The Hall–Kier alpha value is -1.01. The lowest BCUT2D eigenvalue weighted by atomic mass is 9.56. The van der Waals surface area contributed by atoms with Gasteiger partial charge in [-0.3, -0.25) is 0 Å². The molecule has 98 valence electrons. The zero-order valence-corrected chi connectivity index (χ0v) is 11.8. The fourth-order valence-corrected chi connectivity index (χ4v) is 6.53. The van der Waals surface area contributed by atoms with Crippen LogP contribution in [-0.2, 0) is 0 Å². The standard InChI is InChI=1S/C16H18N2S/c17-9-11-1-2-15(18-10-11)19-16-6-12-3-13(7-16)5-14(4-12)8-16/h1-2,10,12-14H,3-8H2. The van der Waals surface area contributed by atoms with E-state index in [4.69, 9.17) is 5.26 Å². The van der Waals surface area contributed by atoms with Crippen LogP contribution in [0.25, 0.3) is 0 Å². The van der Waals surface area contributed by atoms with Gasteiger partial charge in [-0.1, -0.05) is 11.8 Å². The maximum atomic E-state index is 8.83. The van der Waals surface area contributed by atoms with Crippen LogP contribution in [-0.4, -0.2) is 9.73 Å². The maximum Gasteiger partial charge on any atom is 0.101 e. The van der Waals surface area contributed by atoms with Crippen LogP contribution in [0, 0.1) is 29.1 Å². The Morgan fingerprint density at radius 3 is 2.21 bits per heavy atom. The summed E-state index contributed by atoms with van der Waals surface area (Å²) in [7, 11) is 0. The molecule has 0 unspecified atom stereocenters. The van der Waals surface area contributed by atoms with E-state index < -0.39 is 0 Å². The van der Waals surface area contributed by atoms with E-state index in [0.29, 0.717) is 10.3 Å². The van der Waals surface area contributed by atoms with Crippen LogP contribution in [0.1, 0.15) is 44.1 Å². The van der Waals surface area contributed by atoms with Gasteiger partial charge in [0, 0.05) is 10.9 Å². The van der Waals surface area contributed by atoms with E-state index in [1.807, 2.05) is 23.9 Å². The summed E-state index contributed by atoms with van der Waals surface area (Å²) in [6.45, 7) is 0. The second-order valence-corrected chi connectivity index (χ2v) is 8.19. The highest BCUT2D eigenvalue weighted by molar-refractivity contribution is 8.00. The Morgan fingerprint density at radius 1 is 1.11 bits per heavy atom. The van der Waals surface area contributed by atoms with Gasteiger partial charge in [-0.15, -0.1) is 0 Å². The normalized spacial score (nSPS) is 39.2. The monoisotopic (exact) mass is 270 g/mol. The molecule has 2 nitrogen and oxygen atoms in total. The van der Waals surface area contributed by atoms with Crippen LogP contribution in [0.2, 0.25) is 0 Å². The second kappa shape index (κ2) is 4.24. The van der Waals surface area contributed by atoms with Gasteiger partial charge in [-0.2, -0.15) is 5.26 Å². The first-order chi connectivity index (χ1) is 9.25. The lowest BCUT2D eigenvalue weighted by Gasteiger charge is -2.56. The minimum atomic E-state index is 0.468. The molecule has 5 rings (SSSR count). The molecule has 19 heavy (non-hydrogen) atoms. The molecule has 3 heteroatoms.